The van der Waals surface area contributed by atoms with Crippen molar-refractivity contribution in [3.8, 4) is 11.3 Å². The van der Waals surface area contributed by atoms with Gasteiger partial charge in [-0.1, -0.05) is 5.16 Å². The summed E-state index contributed by atoms with van der Waals surface area (Å²) in [6.45, 7) is 3.28. The third-order valence-electron chi connectivity index (χ3n) is 4.37. The number of rotatable bonds is 6. The van der Waals surface area contributed by atoms with E-state index in [0.29, 0.717) is 19.0 Å². The maximum atomic E-state index is 10.4. The van der Waals surface area contributed by atoms with Gasteiger partial charge in [-0.25, -0.2) is 0 Å². The summed E-state index contributed by atoms with van der Waals surface area (Å²) in [6.07, 6.45) is 5.31. The molecule has 6 nitrogen and oxygen atoms in total. The number of aromatic nitrogens is 2. The molecule has 3 heterocycles. The quantitative estimate of drug-likeness (QED) is 0.842. The highest BCUT2D eigenvalue weighted by atomic mass is 16.5. The van der Waals surface area contributed by atoms with Gasteiger partial charge in [0.25, 0.3) is 0 Å². The van der Waals surface area contributed by atoms with Crippen molar-refractivity contribution >= 4 is 0 Å². The van der Waals surface area contributed by atoms with Gasteiger partial charge in [0, 0.05) is 30.6 Å². The van der Waals surface area contributed by atoms with Gasteiger partial charge in [0.15, 0.2) is 5.76 Å². The average Bonchev–Trinajstić information content (AvgIpc) is 3.04. The zero-order valence-corrected chi connectivity index (χ0v) is 13.5. The summed E-state index contributed by atoms with van der Waals surface area (Å²) in [6, 6.07) is 5.77. The average molecular weight is 316 g/mol. The number of nitrogens with zero attached hydrogens (tertiary/aromatic N) is 3. The zero-order valence-electron chi connectivity index (χ0n) is 13.5. The molecule has 1 unspecified atom stereocenters. The molecular weight excluding hydrogens is 292 g/mol. The Morgan fingerprint density at radius 1 is 1.43 bits per heavy atom. The van der Waals surface area contributed by atoms with Crippen LogP contribution in [0.1, 0.15) is 18.6 Å². The first-order valence-electron chi connectivity index (χ1n) is 8.15. The van der Waals surface area contributed by atoms with Crippen LogP contribution in [-0.2, 0) is 6.54 Å². The van der Waals surface area contributed by atoms with Crippen LogP contribution in [0.25, 0.3) is 11.3 Å². The number of nitrogens with one attached hydrogen (secondary N) is 1. The summed E-state index contributed by atoms with van der Waals surface area (Å²) in [5, 5.41) is 17.8. The molecule has 0 radical (unpaired) electrons. The molecule has 1 aliphatic rings. The minimum Gasteiger partial charge on any atom is -0.392 e. The van der Waals surface area contributed by atoms with Gasteiger partial charge in [-0.2, -0.15) is 0 Å². The van der Waals surface area contributed by atoms with Crippen molar-refractivity contribution in [2.45, 2.75) is 25.5 Å². The van der Waals surface area contributed by atoms with Crippen LogP contribution in [0.15, 0.2) is 35.1 Å². The summed E-state index contributed by atoms with van der Waals surface area (Å²) in [5.41, 5.74) is 1.74. The van der Waals surface area contributed by atoms with E-state index in [1.807, 2.05) is 25.2 Å². The molecule has 0 spiro atoms. The molecule has 0 aliphatic carbocycles. The Kier molecular flexibility index (Phi) is 5.38. The standard InChI is InChI=1S/C17H24N4O2/c1-21(12-17(22)13-4-7-18-8-5-13)11-15-9-16(20-23-15)14-3-2-6-19-10-14/h2-3,6,9-10,13,17-18,22H,4-5,7-8,11-12H2,1H3. The molecule has 1 fully saturated rings. The van der Waals surface area contributed by atoms with Gasteiger partial charge in [0.05, 0.1) is 12.6 Å². The molecule has 0 saturated carbocycles. The Hall–Kier alpha value is -1.76. The molecule has 2 aromatic heterocycles. The highest BCUT2D eigenvalue weighted by Gasteiger charge is 2.23. The van der Waals surface area contributed by atoms with Gasteiger partial charge >= 0.3 is 0 Å². The second-order valence-corrected chi connectivity index (χ2v) is 6.27. The molecule has 2 N–H and O–H groups in total. The van der Waals surface area contributed by atoms with Crippen LogP contribution in [0.5, 0.6) is 0 Å². The van der Waals surface area contributed by atoms with Crippen LogP contribution in [0.4, 0.5) is 0 Å². The van der Waals surface area contributed by atoms with Gasteiger partial charge < -0.3 is 14.9 Å². The molecule has 0 bridgehead atoms. The molecule has 6 heteroatoms. The lowest BCUT2D eigenvalue weighted by Gasteiger charge is -2.29. The highest BCUT2D eigenvalue weighted by Crippen LogP contribution is 2.20. The predicted molar refractivity (Wildman–Crippen MR) is 87.7 cm³/mol. The third-order valence-corrected chi connectivity index (χ3v) is 4.37. The topological polar surface area (TPSA) is 74.4 Å². The molecule has 1 atom stereocenters. The number of likely N-dealkylation sites (N-methyl/N-ethyl adjacent to an activating group) is 1. The number of aliphatic hydroxyl groups excluding tert-OH is 1. The van der Waals surface area contributed by atoms with Crippen molar-refractivity contribution in [1.82, 2.24) is 20.4 Å². The molecule has 23 heavy (non-hydrogen) atoms. The lowest BCUT2D eigenvalue weighted by molar-refractivity contribution is 0.0540. The van der Waals surface area contributed by atoms with E-state index in [1.54, 1.807) is 12.4 Å². The Balaban J connectivity index is 1.53. The van der Waals surface area contributed by atoms with Crippen molar-refractivity contribution in [1.29, 1.82) is 0 Å². The second-order valence-electron chi connectivity index (χ2n) is 6.27. The van der Waals surface area contributed by atoms with Gasteiger partial charge in [0.1, 0.15) is 5.69 Å². The molecule has 3 rings (SSSR count). The predicted octanol–water partition coefficient (Wildman–Crippen LogP) is 1.53. The maximum Gasteiger partial charge on any atom is 0.151 e. The van der Waals surface area contributed by atoms with Crippen LogP contribution in [0, 0.1) is 5.92 Å². The lowest BCUT2D eigenvalue weighted by atomic mass is 9.92. The molecule has 0 aromatic carbocycles. The fourth-order valence-electron chi connectivity index (χ4n) is 3.07. The van der Waals surface area contributed by atoms with E-state index < -0.39 is 0 Å². The van der Waals surface area contributed by atoms with E-state index in [-0.39, 0.29) is 6.10 Å². The lowest BCUT2D eigenvalue weighted by Crippen LogP contribution is -2.39. The summed E-state index contributed by atoms with van der Waals surface area (Å²) in [5.74, 6) is 1.18. The number of aliphatic hydroxyl groups is 1. The fourth-order valence-corrected chi connectivity index (χ4v) is 3.07. The first kappa shape index (κ1) is 16.1. The molecule has 1 saturated heterocycles. The van der Waals surface area contributed by atoms with Crippen LogP contribution in [-0.4, -0.2) is 52.9 Å². The fraction of sp³-hybridized carbons (Fsp3) is 0.529. The van der Waals surface area contributed by atoms with E-state index in [2.05, 4.69) is 20.4 Å². The molecular formula is C17H24N4O2. The normalized spacial score (nSPS) is 17.5. The minimum atomic E-state index is -0.289. The Morgan fingerprint density at radius 2 is 2.26 bits per heavy atom. The first-order valence-corrected chi connectivity index (χ1v) is 8.15. The third kappa shape index (κ3) is 4.37. The number of hydrogen-bond acceptors (Lipinski definition) is 6. The minimum absolute atomic E-state index is 0.289. The Morgan fingerprint density at radius 3 is 3.00 bits per heavy atom. The SMILES string of the molecule is CN(Cc1cc(-c2cccnc2)no1)CC(O)C1CCNCC1. The van der Waals surface area contributed by atoms with E-state index in [0.717, 1.165) is 42.9 Å². The Labute approximate surface area is 136 Å². The van der Waals surface area contributed by atoms with Crippen molar-refractivity contribution in [3.63, 3.8) is 0 Å². The Bertz CT molecular complexity index is 596. The van der Waals surface area contributed by atoms with Gasteiger partial charge in [-0.05, 0) is 51.0 Å². The van der Waals surface area contributed by atoms with E-state index in [1.165, 1.54) is 0 Å². The van der Waals surface area contributed by atoms with Crippen molar-refractivity contribution < 1.29 is 9.63 Å². The van der Waals surface area contributed by atoms with E-state index in [4.69, 9.17) is 4.52 Å². The molecule has 0 amide bonds. The number of hydrogen-bond donors (Lipinski definition) is 2. The van der Waals surface area contributed by atoms with Crippen molar-refractivity contribution in [2.24, 2.45) is 5.92 Å². The first-order chi connectivity index (χ1) is 11.2. The molecule has 124 valence electrons. The maximum absolute atomic E-state index is 10.4. The summed E-state index contributed by atoms with van der Waals surface area (Å²) in [4.78, 5) is 6.18. The van der Waals surface area contributed by atoms with Crippen molar-refractivity contribution in [3.05, 3.63) is 36.4 Å². The van der Waals surface area contributed by atoms with Gasteiger partial charge in [0.2, 0.25) is 0 Å². The summed E-state index contributed by atoms with van der Waals surface area (Å²) < 4.78 is 5.41. The highest BCUT2D eigenvalue weighted by molar-refractivity contribution is 5.57. The monoisotopic (exact) mass is 316 g/mol. The van der Waals surface area contributed by atoms with Crippen LogP contribution in [0.3, 0.4) is 0 Å². The number of pyridine rings is 1. The van der Waals surface area contributed by atoms with Crippen molar-refractivity contribution in [2.75, 3.05) is 26.7 Å². The van der Waals surface area contributed by atoms with Crippen LogP contribution < -0.4 is 5.32 Å². The van der Waals surface area contributed by atoms with Gasteiger partial charge in [-0.15, -0.1) is 0 Å². The zero-order chi connectivity index (χ0) is 16.1. The van der Waals surface area contributed by atoms with E-state index in [9.17, 15) is 5.11 Å². The summed E-state index contributed by atoms with van der Waals surface area (Å²) in [7, 11) is 2.00. The van der Waals surface area contributed by atoms with Crippen LogP contribution >= 0.6 is 0 Å². The summed E-state index contributed by atoms with van der Waals surface area (Å²) >= 11 is 0. The second kappa shape index (κ2) is 7.68. The largest absolute Gasteiger partial charge is 0.392 e. The molecule has 1 aliphatic heterocycles. The smallest absolute Gasteiger partial charge is 0.151 e. The van der Waals surface area contributed by atoms with Crippen LogP contribution in [0.2, 0.25) is 0 Å². The molecule has 2 aromatic rings. The van der Waals surface area contributed by atoms with Gasteiger partial charge in [-0.3, -0.25) is 9.88 Å². The number of piperidine rings is 1. The van der Waals surface area contributed by atoms with E-state index >= 15 is 0 Å².